The van der Waals surface area contributed by atoms with E-state index < -0.39 is 11.2 Å². The minimum atomic E-state index is -0.457. The van der Waals surface area contributed by atoms with Gasteiger partial charge in [0.05, 0.1) is 11.3 Å². The second kappa shape index (κ2) is 7.36. The fourth-order valence-electron chi connectivity index (χ4n) is 2.89. The SMILES string of the molecule is Cn1cc(/C=C/C(=O)Nc2ccc(-c3cn4ccsc4n3)cc2)c(=O)n(C)c1=O. The number of aromatic nitrogens is 4. The summed E-state index contributed by atoms with van der Waals surface area (Å²) < 4.78 is 4.25. The Balaban J connectivity index is 1.47. The molecule has 8 nitrogen and oxygen atoms in total. The standard InChI is InChI=1S/C20H17N5O3S/c1-23-11-14(18(27)24(2)20(23)28)5-8-17(26)21-15-6-3-13(4-7-15)16-12-25-9-10-29-19(25)22-16/h3-12H,1-2H3,(H,21,26)/b8-5+. The molecule has 0 saturated carbocycles. The zero-order valence-corrected chi connectivity index (χ0v) is 16.5. The van der Waals surface area contributed by atoms with Gasteiger partial charge in [-0.05, 0) is 18.2 Å². The largest absolute Gasteiger partial charge is 0.330 e. The molecule has 0 unspecified atom stereocenters. The average molecular weight is 407 g/mol. The number of benzene rings is 1. The van der Waals surface area contributed by atoms with Gasteiger partial charge in [-0.3, -0.25) is 18.6 Å². The van der Waals surface area contributed by atoms with Crippen molar-refractivity contribution >= 4 is 34.0 Å². The maximum absolute atomic E-state index is 12.2. The summed E-state index contributed by atoms with van der Waals surface area (Å²) in [4.78, 5) is 41.5. The topological polar surface area (TPSA) is 90.4 Å². The highest BCUT2D eigenvalue weighted by Crippen LogP contribution is 2.23. The number of rotatable bonds is 4. The van der Waals surface area contributed by atoms with Crippen molar-refractivity contribution in [2.75, 3.05) is 5.32 Å². The summed E-state index contributed by atoms with van der Waals surface area (Å²) >= 11 is 1.57. The van der Waals surface area contributed by atoms with E-state index in [1.54, 1.807) is 30.5 Å². The molecule has 0 radical (unpaired) electrons. The van der Waals surface area contributed by atoms with Gasteiger partial charge < -0.3 is 9.88 Å². The van der Waals surface area contributed by atoms with Crippen molar-refractivity contribution in [2.45, 2.75) is 0 Å². The highest BCUT2D eigenvalue weighted by Gasteiger charge is 2.07. The molecule has 0 aliphatic carbocycles. The molecule has 1 aromatic carbocycles. The van der Waals surface area contributed by atoms with Gasteiger partial charge in [-0.25, -0.2) is 9.78 Å². The molecule has 0 bridgehead atoms. The van der Waals surface area contributed by atoms with Crippen molar-refractivity contribution in [1.29, 1.82) is 0 Å². The Morgan fingerprint density at radius 1 is 1.14 bits per heavy atom. The number of amides is 1. The molecule has 0 spiro atoms. The second-order valence-corrected chi connectivity index (χ2v) is 7.33. The van der Waals surface area contributed by atoms with Crippen molar-refractivity contribution in [2.24, 2.45) is 14.1 Å². The van der Waals surface area contributed by atoms with E-state index in [9.17, 15) is 14.4 Å². The van der Waals surface area contributed by atoms with Gasteiger partial charge in [-0.2, -0.15) is 0 Å². The van der Waals surface area contributed by atoms with Gasteiger partial charge in [-0.1, -0.05) is 12.1 Å². The molecule has 0 fully saturated rings. The first kappa shape index (κ1) is 18.6. The number of thiazole rings is 1. The monoisotopic (exact) mass is 407 g/mol. The molecule has 3 heterocycles. The van der Waals surface area contributed by atoms with Crippen LogP contribution in [0.3, 0.4) is 0 Å². The van der Waals surface area contributed by atoms with Crippen LogP contribution in [0.2, 0.25) is 0 Å². The lowest BCUT2D eigenvalue weighted by molar-refractivity contribution is -0.111. The molecular weight excluding hydrogens is 390 g/mol. The molecule has 0 aliphatic heterocycles. The summed E-state index contributed by atoms with van der Waals surface area (Å²) in [5.41, 5.74) is 1.80. The highest BCUT2D eigenvalue weighted by atomic mass is 32.1. The number of carbonyl (C=O) groups excluding carboxylic acids is 1. The lowest BCUT2D eigenvalue weighted by Gasteiger charge is -2.04. The third-order valence-electron chi connectivity index (χ3n) is 4.43. The van der Waals surface area contributed by atoms with Crippen LogP contribution >= 0.6 is 11.3 Å². The molecule has 29 heavy (non-hydrogen) atoms. The third kappa shape index (κ3) is 3.67. The normalized spacial score (nSPS) is 11.4. The zero-order valence-electron chi connectivity index (χ0n) is 15.7. The summed E-state index contributed by atoms with van der Waals surface area (Å²) in [5, 5.41) is 4.72. The van der Waals surface area contributed by atoms with E-state index in [2.05, 4.69) is 10.3 Å². The second-order valence-electron chi connectivity index (χ2n) is 6.46. The van der Waals surface area contributed by atoms with Crippen LogP contribution in [-0.2, 0) is 18.9 Å². The molecule has 9 heteroatoms. The zero-order chi connectivity index (χ0) is 20.5. The van der Waals surface area contributed by atoms with Gasteiger partial charge >= 0.3 is 5.69 Å². The summed E-state index contributed by atoms with van der Waals surface area (Å²) in [7, 11) is 2.94. The summed E-state index contributed by atoms with van der Waals surface area (Å²) in [6.07, 6.45) is 7.96. The lowest BCUT2D eigenvalue weighted by Crippen LogP contribution is -2.37. The maximum Gasteiger partial charge on any atom is 0.330 e. The molecule has 3 aromatic heterocycles. The van der Waals surface area contributed by atoms with Crippen LogP contribution in [-0.4, -0.2) is 24.4 Å². The molecule has 4 aromatic rings. The fourth-order valence-corrected chi connectivity index (χ4v) is 3.59. The van der Waals surface area contributed by atoms with Crippen LogP contribution in [0.4, 0.5) is 5.69 Å². The maximum atomic E-state index is 12.2. The number of hydrogen-bond donors (Lipinski definition) is 1. The van der Waals surface area contributed by atoms with E-state index in [-0.39, 0.29) is 11.5 Å². The summed E-state index contributed by atoms with van der Waals surface area (Å²) in [6.45, 7) is 0. The Bertz CT molecular complexity index is 1330. The van der Waals surface area contributed by atoms with Crippen molar-refractivity contribution in [3.63, 3.8) is 0 Å². The molecule has 0 aliphatic rings. The van der Waals surface area contributed by atoms with Crippen LogP contribution in [0.15, 0.2) is 63.9 Å². The molecule has 146 valence electrons. The Kier molecular flexibility index (Phi) is 4.73. The summed E-state index contributed by atoms with van der Waals surface area (Å²) in [6, 6.07) is 7.35. The molecular formula is C20H17N5O3S. The first-order valence-corrected chi connectivity index (χ1v) is 9.59. The van der Waals surface area contributed by atoms with Gasteiger partial charge in [0, 0.05) is 55.4 Å². The van der Waals surface area contributed by atoms with Crippen LogP contribution in [0.1, 0.15) is 5.56 Å². The van der Waals surface area contributed by atoms with Gasteiger partial charge in [0.15, 0.2) is 4.96 Å². The van der Waals surface area contributed by atoms with Crippen LogP contribution in [0.5, 0.6) is 0 Å². The van der Waals surface area contributed by atoms with E-state index >= 15 is 0 Å². The number of nitrogens with zero attached hydrogens (tertiary/aromatic N) is 4. The van der Waals surface area contributed by atoms with E-state index in [1.807, 2.05) is 34.3 Å². The van der Waals surface area contributed by atoms with E-state index in [0.717, 1.165) is 20.8 Å². The number of aryl methyl sites for hydroxylation is 1. The average Bonchev–Trinajstić information content (AvgIpc) is 3.31. The minimum absolute atomic E-state index is 0.250. The minimum Gasteiger partial charge on any atom is -0.323 e. The van der Waals surface area contributed by atoms with Gasteiger partial charge in [-0.15, -0.1) is 11.3 Å². The summed E-state index contributed by atoms with van der Waals surface area (Å²) in [5.74, 6) is -0.379. The van der Waals surface area contributed by atoms with Gasteiger partial charge in [0.25, 0.3) is 5.56 Å². The Morgan fingerprint density at radius 3 is 2.62 bits per heavy atom. The Labute approximate surface area is 169 Å². The van der Waals surface area contributed by atoms with Crippen molar-refractivity contribution in [1.82, 2.24) is 18.5 Å². The van der Waals surface area contributed by atoms with E-state index in [0.29, 0.717) is 5.69 Å². The van der Waals surface area contributed by atoms with Crippen LogP contribution in [0.25, 0.3) is 22.3 Å². The van der Waals surface area contributed by atoms with E-state index in [1.165, 1.54) is 30.0 Å². The Morgan fingerprint density at radius 2 is 1.90 bits per heavy atom. The molecule has 1 amide bonds. The van der Waals surface area contributed by atoms with Gasteiger partial charge in [0.1, 0.15) is 0 Å². The number of hydrogen-bond acceptors (Lipinski definition) is 5. The molecule has 0 atom stereocenters. The highest BCUT2D eigenvalue weighted by molar-refractivity contribution is 7.15. The Hall–Kier alpha value is -3.72. The predicted molar refractivity (Wildman–Crippen MR) is 113 cm³/mol. The van der Waals surface area contributed by atoms with Gasteiger partial charge in [0.2, 0.25) is 5.91 Å². The van der Waals surface area contributed by atoms with Crippen molar-refractivity contribution < 1.29 is 4.79 Å². The number of imidazole rings is 1. The lowest BCUT2D eigenvalue weighted by atomic mass is 10.1. The number of anilines is 1. The smallest absolute Gasteiger partial charge is 0.323 e. The molecule has 4 rings (SSSR count). The first-order valence-electron chi connectivity index (χ1n) is 8.71. The molecule has 0 saturated heterocycles. The predicted octanol–water partition coefficient (Wildman–Crippen LogP) is 2.11. The number of fused-ring (bicyclic) bond motifs is 1. The van der Waals surface area contributed by atoms with Crippen molar-refractivity contribution in [3.8, 4) is 11.3 Å². The quantitative estimate of drug-likeness (QED) is 0.525. The number of nitrogens with one attached hydrogen (secondary N) is 1. The third-order valence-corrected chi connectivity index (χ3v) is 5.20. The molecule has 1 N–H and O–H groups in total. The number of carbonyl (C=O) groups is 1. The fraction of sp³-hybridized carbons (Fsp3) is 0.100. The van der Waals surface area contributed by atoms with E-state index in [4.69, 9.17) is 0 Å². The van der Waals surface area contributed by atoms with Crippen LogP contribution in [0, 0.1) is 0 Å². The van der Waals surface area contributed by atoms with Crippen molar-refractivity contribution in [3.05, 3.63) is 80.7 Å². The van der Waals surface area contributed by atoms with Crippen LogP contribution < -0.4 is 16.6 Å². The first-order chi connectivity index (χ1) is 13.9.